The summed E-state index contributed by atoms with van der Waals surface area (Å²) in [6.07, 6.45) is 0. The maximum atomic E-state index is 12.4. The third-order valence-corrected chi connectivity index (χ3v) is 5.15. The Labute approximate surface area is 134 Å². The van der Waals surface area contributed by atoms with E-state index in [1.165, 1.54) is 13.2 Å². The quantitative estimate of drug-likeness (QED) is 0.716. The van der Waals surface area contributed by atoms with E-state index in [4.69, 9.17) is 4.74 Å². The normalized spacial score (nSPS) is 15.0. The molecule has 0 aliphatic carbocycles. The van der Waals surface area contributed by atoms with Crippen LogP contribution in [0.1, 0.15) is 11.1 Å². The van der Waals surface area contributed by atoms with E-state index in [2.05, 4.69) is 10.0 Å². The van der Waals surface area contributed by atoms with Crippen molar-refractivity contribution in [1.82, 2.24) is 14.9 Å². The predicted octanol–water partition coefficient (Wildman–Crippen LogP) is 0.142. The second kappa shape index (κ2) is 6.55. The number of urea groups is 1. The first kappa shape index (κ1) is 17.2. The van der Waals surface area contributed by atoms with Crippen molar-refractivity contribution in [2.24, 2.45) is 0 Å². The SMILES string of the molecule is COc1cc(C)c(S(=O)(=O)NCCN2C(=O)CNC2=O)cc1C. The van der Waals surface area contributed by atoms with E-state index in [-0.39, 0.29) is 30.4 Å². The van der Waals surface area contributed by atoms with Crippen LogP contribution in [0, 0.1) is 13.8 Å². The van der Waals surface area contributed by atoms with E-state index in [1.807, 2.05) is 0 Å². The first-order chi connectivity index (χ1) is 10.8. The summed E-state index contributed by atoms with van der Waals surface area (Å²) >= 11 is 0. The number of nitrogens with zero attached hydrogens (tertiary/aromatic N) is 1. The molecule has 9 heteroatoms. The van der Waals surface area contributed by atoms with E-state index in [9.17, 15) is 18.0 Å². The summed E-state index contributed by atoms with van der Waals surface area (Å²) in [7, 11) is -2.22. The van der Waals surface area contributed by atoms with Crippen LogP contribution in [0.25, 0.3) is 0 Å². The van der Waals surface area contributed by atoms with Crippen LogP contribution in [-0.4, -0.2) is 52.0 Å². The number of hydrogen-bond acceptors (Lipinski definition) is 5. The van der Waals surface area contributed by atoms with Gasteiger partial charge in [0.15, 0.2) is 0 Å². The van der Waals surface area contributed by atoms with Gasteiger partial charge in [-0.3, -0.25) is 9.69 Å². The Morgan fingerprint density at radius 1 is 1.26 bits per heavy atom. The van der Waals surface area contributed by atoms with Crippen LogP contribution < -0.4 is 14.8 Å². The van der Waals surface area contributed by atoms with E-state index in [0.29, 0.717) is 16.9 Å². The Balaban J connectivity index is 2.09. The molecule has 2 rings (SSSR count). The van der Waals surface area contributed by atoms with Crippen molar-refractivity contribution in [2.75, 3.05) is 26.7 Å². The number of ether oxygens (including phenoxy) is 1. The number of aryl methyl sites for hydroxylation is 2. The largest absolute Gasteiger partial charge is 0.496 e. The van der Waals surface area contributed by atoms with Gasteiger partial charge in [0.25, 0.3) is 0 Å². The molecule has 23 heavy (non-hydrogen) atoms. The molecule has 0 radical (unpaired) electrons. The van der Waals surface area contributed by atoms with E-state index >= 15 is 0 Å². The molecule has 0 unspecified atom stereocenters. The maximum Gasteiger partial charge on any atom is 0.324 e. The number of carbonyl (C=O) groups excluding carboxylic acids is 2. The molecule has 1 saturated heterocycles. The average molecular weight is 341 g/mol. The lowest BCUT2D eigenvalue weighted by molar-refractivity contribution is -0.124. The van der Waals surface area contributed by atoms with Gasteiger partial charge in [0.2, 0.25) is 15.9 Å². The zero-order chi connectivity index (χ0) is 17.2. The second-order valence-corrected chi connectivity index (χ2v) is 6.92. The third-order valence-electron chi connectivity index (χ3n) is 3.55. The highest BCUT2D eigenvalue weighted by Crippen LogP contribution is 2.25. The summed E-state index contributed by atoms with van der Waals surface area (Å²) in [5.74, 6) is 0.242. The van der Waals surface area contributed by atoms with Gasteiger partial charge < -0.3 is 10.1 Å². The Hall–Kier alpha value is -2.13. The van der Waals surface area contributed by atoms with Crippen LogP contribution in [0.2, 0.25) is 0 Å². The molecule has 8 nitrogen and oxygen atoms in total. The highest BCUT2D eigenvalue weighted by molar-refractivity contribution is 7.89. The Kier molecular flexibility index (Phi) is 4.90. The highest BCUT2D eigenvalue weighted by Gasteiger charge is 2.28. The summed E-state index contributed by atoms with van der Waals surface area (Å²) in [5.41, 5.74) is 1.25. The minimum Gasteiger partial charge on any atom is -0.496 e. The van der Waals surface area contributed by atoms with Gasteiger partial charge in [-0.15, -0.1) is 0 Å². The predicted molar refractivity (Wildman–Crippen MR) is 82.8 cm³/mol. The van der Waals surface area contributed by atoms with Gasteiger partial charge in [0.05, 0.1) is 18.6 Å². The molecule has 126 valence electrons. The second-order valence-electron chi connectivity index (χ2n) is 5.19. The van der Waals surface area contributed by atoms with Crippen molar-refractivity contribution >= 4 is 22.0 Å². The fourth-order valence-corrected chi connectivity index (χ4v) is 3.65. The minimum atomic E-state index is -3.74. The molecule has 0 aromatic heterocycles. The molecule has 1 aromatic rings. The van der Waals surface area contributed by atoms with Crippen molar-refractivity contribution < 1.29 is 22.7 Å². The Morgan fingerprint density at radius 2 is 1.96 bits per heavy atom. The van der Waals surface area contributed by atoms with Crippen LogP contribution >= 0.6 is 0 Å². The molecule has 0 saturated carbocycles. The Bertz CT molecular complexity index is 729. The summed E-state index contributed by atoms with van der Waals surface area (Å²) in [6.45, 7) is 3.31. The lowest BCUT2D eigenvalue weighted by atomic mass is 10.1. The van der Waals surface area contributed by atoms with Gasteiger partial charge in [-0.2, -0.15) is 0 Å². The van der Waals surface area contributed by atoms with Crippen molar-refractivity contribution in [3.63, 3.8) is 0 Å². The van der Waals surface area contributed by atoms with Crippen molar-refractivity contribution in [1.29, 1.82) is 0 Å². The van der Waals surface area contributed by atoms with Gasteiger partial charge in [0, 0.05) is 13.1 Å². The smallest absolute Gasteiger partial charge is 0.324 e. The number of methoxy groups -OCH3 is 1. The summed E-state index contributed by atoms with van der Waals surface area (Å²) in [4.78, 5) is 23.9. The number of amides is 3. The number of sulfonamides is 1. The number of rotatable bonds is 6. The van der Waals surface area contributed by atoms with Crippen molar-refractivity contribution in [2.45, 2.75) is 18.7 Å². The van der Waals surface area contributed by atoms with Crippen LogP contribution in [0.4, 0.5) is 4.79 Å². The molecule has 0 atom stereocenters. The number of imide groups is 1. The van der Waals surface area contributed by atoms with E-state index < -0.39 is 16.1 Å². The highest BCUT2D eigenvalue weighted by atomic mass is 32.2. The molecule has 1 heterocycles. The monoisotopic (exact) mass is 341 g/mol. The molecule has 0 bridgehead atoms. The molecule has 1 aliphatic heterocycles. The van der Waals surface area contributed by atoms with Crippen LogP contribution in [0.15, 0.2) is 17.0 Å². The fraction of sp³-hybridized carbons (Fsp3) is 0.429. The molecular weight excluding hydrogens is 322 g/mol. The summed E-state index contributed by atoms with van der Waals surface area (Å²) in [5, 5.41) is 2.37. The standard InChI is InChI=1S/C14H19N3O5S/c1-9-7-12(10(2)6-11(9)22-3)23(20,21)16-4-5-17-13(18)8-15-14(17)19/h6-7,16H,4-5,8H2,1-3H3,(H,15,19). The van der Waals surface area contributed by atoms with Gasteiger partial charge in [-0.1, -0.05) is 0 Å². The zero-order valence-electron chi connectivity index (χ0n) is 13.2. The number of benzene rings is 1. The number of nitrogens with one attached hydrogen (secondary N) is 2. The zero-order valence-corrected chi connectivity index (χ0v) is 14.0. The van der Waals surface area contributed by atoms with Crippen LogP contribution in [-0.2, 0) is 14.8 Å². The van der Waals surface area contributed by atoms with Crippen LogP contribution in [0.5, 0.6) is 5.75 Å². The number of hydrogen-bond donors (Lipinski definition) is 2. The molecule has 1 aliphatic rings. The minimum absolute atomic E-state index is 0.0158. The molecule has 0 spiro atoms. The van der Waals surface area contributed by atoms with E-state index in [1.54, 1.807) is 19.9 Å². The van der Waals surface area contributed by atoms with Crippen molar-refractivity contribution in [3.05, 3.63) is 23.3 Å². The van der Waals surface area contributed by atoms with Gasteiger partial charge >= 0.3 is 6.03 Å². The maximum absolute atomic E-state index is 12.4. The molecule has 2 N–H and O–H groups in total. The summed E-state index contributed by atoms with van der Waals surface area (Å²) < 4.78 is 32.3. The lowest BCUT2D eigenvalue weighted by Gasteiger charge is -2.15. The first-order valence-corrected chi connectivity index (χ1v) is 8.47. The molecule has 1 aromatic carbocycles. The van der Waals surface area contributed by atoms with Crippen LogP contribution in [0.3, 0.4) is 0 Å². The average Bonchev–Trinajstić information content (AvgIpc) is 2.80. The van der Waals surface area contributed by atoms with Gasteiger partial charge in [-0.05, 0) is 37.1 Å². The van der Waals surface area contributed by atoms with Gasteiger partial charge in [0.1, 0.15) is 5.75 Å². The lowest BCUT2D eigenvalue weighted by Crippen LogP contribution is -2.38. The molecule has 3 amide bonds. The number of carbonyl (C=O) groups is 2. The Morgan fingerprint density at radius 3 is 2.52 bits per heavy atom. The topological polar surface area (TPSA) is 105 Å². The molecular formula is C14H19N3O5S. The van der Waals surface area contributed by atoms with Gasteiger partial charge in [-0.25, -0.2) is 17.9 Å². The fourth-order valence-electron chi connectivity index (χ4n) is 2.32. The first-order valence-electron chi connectivity index (χ1n) is 6.99. The third kappa shape index (κ3) is 3.62. The summed E-state index contributed by atoms with van der Waals surface area (Å²) in [6, 6.07) is 2.68. The van der Waals surface area contributed by atoms with Crippen molar-refractivity contribution in [3.8, 4) is 5.75 Å². The van der Waals surface area contributed by atoms with E-state index in [0.717, 1.165) is 4.90 Å². The molecule has 1 fully saturated rings.